The molecule has 0 saturated heterocycles. The minimum atomic E-state index is -0.312. The second kappa shape index (κ2) is 8.39. The predicted molar refractivity (Wildman–Crippen MR) is 109 cm³/mol. The molecule has 28 heavy (non-hydrogen) atoms. The van der Waals surface area contributed by atoms with Crippen molar-refractivity contribution in [1.82, 2.24) is 10.2 Å². The fraction of sp³-hybridized carbons (Fsp3) is 0.190. The highest BCUT2D eigenvalue weighted by Crippen LogP contribution is 2.30. The van der Waals surface area contributed by atoms with E-state index in [2.05, 4.69) is 20.8 Å². The van der Waals surface area contributed by atoms with E-state index in [9.17, 15) is 4.79 Å². The number of nitrogens with one attached hydrogen (secondary N) is 2. The Balaban J connectivity index is 1.69. The Bertz CT molecular complexity index is 987. The molecule has 0 radical (unpaired) electrons. The molecule has 0 spiro atoms. The summed E-state index contributed by atoms with van der Waals surface area (Å²) < 4.78 is 10.5. The van der Waals surface area contributed by atoms with Crippen LogP contribution in [0.3, 0.4) is 0 Å². The van der Waals surface area contributed by atoms with Crippen molar-refractivity contribution in [3.05, 3.63) is 65.4 Å². The van der Waals surface area contributed by atoms with E-state index in [1.807, 2.05) is 38.1 Å². The summed E-state index contributed by atoms with van der Waals surface area (Å²) in [6, 6.07) is 14.5. The molecule has 0 bridgehead atoms. The predicted octanol–water partition coefficient (Wildman–Crippen LogP) is 4.11. The second-order valence-electron chi connectivity index (χ2n) is 6.25. The molecule has 0 aliphatic heterocycles. The molecule has 1 amide bonds. The number of hydrogen-bond donors (Lipinski definition) is 2. The summed E-state index contributed by atoms with van der Waals surface area (Å²) in [7, 11) is 3.16. The number of rotatable bonds is 6. The molecule has 0 unspecified atom stereocenters. The van der Waals surface area contributed by atoms with E-state index in [0.717, 1.165) is 16.9 Å². The zero-order chi connectivity index (χ0) is 20.1. The van der Waals surface area contributed by atoms with E-state index in [-0.39, 0.29) is 11.6 Å². The quantitative estimate of drug-likeness (QED) is 0.671. The van der Waals surface area contributed by atoms with Crippen LogP contribution in [0.15, 0.2) is 48.5 Å². The smallest absolute Gasteiger partial charge is 0.276 e. The Kier molecular flexibility index (Phi) is 5.74. The number of amides is 1. The molecule has 0 saturated carbocycles. The van der Waals surface area contributed by atoms with Gasteiger partial charge in [0.15, 0.2) is 23.0 Å². The molecule has 3 aromatic rings. The van der Waals surface area contributed by atoms with Crippen molar-refractivity contribution >= 4 is 23.1 Å². The van der Waals surface area contributed by atoms with Gasteiger partial charge < -0.3 is 20.1 Å². The van der Waals surface area contributed by atoms with Gasteiger partial charge in [-0.3, -0.25) is 4.79 Å². The average molecular weight is 378 g/mol. The normalized spacial score (nSPS) is 10.3. The fourth-order valence-electron chi connectivity index (χ4n) is 2.60. The van der Waals surface area contributed by atoms with Gasteiger partial charge >= 0.3 is 0 Å². The summed E-state index contributed by atoms with van der Waals surface area (Å²) in [5, 5.41) is 14.0. The highest BCUT2D eigenvalue weighted by atomic mass is 16.5. The van der Waals surface area contributed by atoms with Gasteiger partial charge in [-0.05, 0) is 61.4 Å². The molecule has 144 valence electrons. The summed E-state index contributed by atoms with van der Waals surface area (Å²) in [6.45, 7) is 4.02. The van der Waals surface area contributed by atoms with Crippen LogP contribution in [0.1, 0.15) is 21.6 Å². The lowest BCUT2D eigenvalue weighted by Crippen LogP contribution is -2.14. The summed E-state index contributed by atoms with van der Waals surface area (Å²) in [5.74, 6) is 1.44. The van der Waals surface area contributed by atoms with E-state index in [1.165, 1.54) is 5.56 Å². The second-order valence-corrected chi connectivity index (χ2v) is 6.25. The molecule has 2 N–H and O–H groups in total. The number of anilines is 3. The highest BCUT2D eigenvalue weighted by Gasteiger charge is 2.10. The van der Waals surface area contributed by atoms with Crippen molar-refractivity contribution in [2.75, 3.05) is 24.9 Å². The number of benzene rings is 2. The van der Waals surface area contributed by atoms with Crippen molar-refractivity contribution in [1.29, 1.82) is 0 Å². The minimum absolute atomic E-state index is 0.232. The standard InChI is InChI=1S/C21H22N4O3/c1-13-5-6-15(11-14(13)2)23-21(26)17-8-10-20(25-24-17)22-16-7-9-18(27-3)19(12-16)28-4/h5-12H,1-4H3,(H,22,25)(H,23,26). The maximum atomic E-state index is 12.4. The molecule has 7 nitrogen and oxygen atoms in total. The molecule has 0 aliphatic carbocycles. The lowest BCUT2D eigenvalue weighted by atomic mass is 10.1. The van der Waals surface area contributed by atoms with Gasteiger partial charge in [0, 0.05) is 17.4 Å². The molecule has 3 rings (SSSR count). The highest BCUT2D eigenvalue weighted by molar-refractivity contribution is 6.02. The Morgan fingerprint density at radius 3 is 2.21 bits per heavy atom. The van der Waals surface area contributed by atoms with Gasteiger partial charge in [0.2, 0.25) is 0 Å². The summed E-state index contributed by atoms with van der Waals surface area (Å²) in [6.07, 6.45) is 0. The van der Waals surface area contributed by atoms with Gasteiger partial charge in [-0.15, -0.1) is 10.2 Å². The maximum absolute atomic E-state index is 12.4. The van der Waals surface area contributed by atoms with Crippen molar-refractivity contribution in [2.45, 2.75) is 13.8 Å². The Hall–Kier alpha value is -3.61. The van der Waals surface area contributed by atoms with Crippen molar-refractivity contribution in [2.24, 2.45) is 0 Å². The number of aryl methyl sites for hydroxylation is 2. The van der Waals surface area contributed by atoms with Gasteiger partial charge in [0.05, 0.1) is 14.2 Å². The first-order chi connectivity index (χ1) is 13.5. The number of nitrogens with zero attached hydrogens (tertiary/aromatic N) is 2. The molecular formula is C21H22N4O3. The van der Waals surface area contributed by atoms with Crippen LogP contribution in [0.25, 0.3) is 0 Å². The Labute approximate surface area is 163 Å². The van der Waals surface area contributed by atoms with Crippen LogP contribution in [0.5, 0.6) is 11.5 Å². The van der Waals surface area contributed by atoms with Crippen LogP contribution >= 0.6 is 0 Å². The summed E-state index contributed by atoms with van der Waals surface area (Å²) >= 11 is 0. The molecule has 2 aromatic carbocycles. The number of hydrogen-bond acceptors (Lipinski definition) is 6. The maximum Gasteiger partial charge on any atom is 0.276 e. The van der Waals surface area contributed by atoms with E-state index in [0.29, 0.717) is 17.3 Å². The van der Waals surface area contributed by atoms with Crippen molar-refractivity contribution in [3.8, 4) is 11.5 Å². The summed E-state index contributed by atoms with van der Waals surface area (Å²) in [4.78, 5) is 12.4. The van der Waals surface area contributed by atoms with E-state index in [1.54, 1.807) is 38.5 Å². The largest absolute Gasteiger partial charge is 0.493 e. The van der Waals surface area contributed by atoms with E-state index in [4.69, 9.17) is 9.47 Å². The van der Waals surface area contributed by atoms with Gasteiger partial charge in [-0.2, -0.15) is 0 Å². The average Bonchev–Trinajstić information content (AvgIpc) is 2.71. The first kappa shape index (κ1) is 19.2. The van der Waals surface area contributed by atoms with Crippen LogP contribution in [-0.2, 0) is 0 Å². The van der Waals surface area contributed by atoms with Crippen LogP contribution in [-0.4, -0.2) is 30.3 Å². The number of aromatic nitrogens is 2. The zero-order valence-electron chi connectivity index (χ0n) is 16.2. The van der Waals surface area contributed by atoms with E-state index >= 15 is 0 Å². The van der Waals surface area contributed by atoms with Crippen LogP contribution < -0.4 is 20.1 Å². The third-order valence-corrected chi connectivity index (χ3v) is 4.32. The fourth-order valence-corrected chi connectivity index (χ4v) is 2.60. The molecule has 0 aliphatic rings. The molecule has 1 aromatic heterocycles. The Morgan fingerprint density at radius 1 is 0.821 bits per heavy atom. The first-order valence-corrected chi connectivity index (χ1v) is 8.71. The molecule has 0 atom stereocenters. The lowest BCUT2D eigenvalue weighted by molar-refractivity contribution is 0.102. The lowest BCUT2D eigenvalue weighted by Gasteiger charge is -2.11. The van der Waals surface area contributed by atoms with Gasteiger partial charge in [0.1, 0.15) is 0 Å². The Morgan fingerprint density at radius 2 is 1.57 bits per heavy atom. The number of methoxy groups -OCH3 is 2. The van der Waals surface area contributed by atoms with Crippen LogP contribution in [0.4, 0.5) is 17.2 Å². The van der Waals surface area contributed by atoms with Crippen molar-refractivity contribution < 1.29 is 14.3 Å². The molecule has 7 heteroatoms. The summed E-state index contributed by atoms with van der Waals surface area (Å²) in [5.41, 5.74) is 4.00. The van der Waals surface area contributed by atoms with Gasteiger partial charge in [-0.1, -0.05) is 6.07 Å². The minimum Gasteiger partial charge on any atom is -0.493 e. The van der Waals surface area contributed by atoms with Gasteiger partial charge in [0.25, 0.3) is 5.91 Å². The molecular weight excluding hydrogens is 356 g/mol. The first-order valence-electron chi connectivity index (χ1n) is 8.71. The monoisotopic (exact) mass is 378 g/mol. The molecule has 1 heterocycles. The van der Waals surface area contributed by atoms with Crippen LogP contribution in [0, 0.1) is 13.8 Å². The topological polar surface area (TPSA) is 85.4 Å². The van der Waals surface area contributed by atoms with Crippen molar-refractivity contribution in [3.63, 3.8) is 0 Å². The number of ether oxygens (including phenoxy) is 2. The van der Waals surface area contributed by atoms with E-state index < -0.39 is 0 Å². The molecule has 0 fully saturated rings. The zero-order valence-corrected chi connectivity index (χ0v) is 16.2. The number of carbonyl (C=O) groups excluding carboxylic acids is 1. The SMILES string of the molecule is COc1ccc(Nc2ccc(C(=O)Nc3ccc(C)c(C)c3)nn2)cc1OC. The third kappa shape index (κ3) is 4.37. The van der Waals surface area contributed by atoms with Gasteiger partial charge in [-0.25, -0.2) is 0 Å². The third-order valence-electron chi connectivity index (χ3n) is 4.32. The van der Waals surface area contributed by atoms with Crippen LogP contribution in [0.2, 0.25) is 0 Å². The number of carbonyl (C=O) groups is 1.